The van der Waals surface area contributed by atoms with Crippen LogP contribution in [0.25, 0.3) is 26.4 Å². The van der Waals surface area contributed by atoms with E-state index in [2.05, 4.69) is 34.8 Å². The molecule has 1 N–H and O–H groups in total. The van der Waals surface area contributed by atoms with Crippen molar-refractivity contribution in [2.45, 2.75) is 33.1 Å². The molecule has 0 spiro atoms. The molecule has 4 rings (SSSR count). The standard InChI is InChI=1S/C26H32N4O2S/c1-4-6-15-29(3)16-7-14-27-25(31)20-10-13-23-24(17-20)33-26-28-22(18-30(23)26)19-8-11-21(12-9-19)32-5-2/h8-13,17-18H,4-7,14-16H2,1-3H3,(H,27,31). The van der Waals surface area contributed by atoms with E-state index in [0.29, 0.717) is 18.7 Å². The number of carbonyl (C=O) groups is 1. The monoisotopic (exact) mass is 464 g/mol. The maximum absolute atomic E-state index is 12.6. The summed E-state index contributed by atoms with van der Waals surface area (Å²) >= 11 is 1.60. The Morgan fingerprint density at radius 2 is 1.91 bits per heavy atom. The van der Waals surface area contributed by atoms with E-state index in [9.17, 15) is 4.79 Å². The van der Waals surface area contributed by atoms with E-state index in [1.165, 1.54) is 12.8 Å². The van der Waals surface area contributed by atoms with Gasteiger partial charge in [0.2, 0.25) is 0 Å². The highest BCUT2D eigenvalue weighted by molar-refractivity contribution is 7.23. The number of benzene rings is 2. The van der Waals surface area contributed by atoms with Gasteiger partial charge in [-0.3, -0.25) is 9.20 Å². The van der Waals surface area contributed by atoms with E-state index in [1.54, 1.807) is 11.3 Å². The van der Waals surface area contributed by atoms with Gasteiger partial charge in [0.25, 0.3) is 5.91 Å². The van der Waals surface area contributed by atoms with E-state index in [0.717, 1.165) is 51.7 Å². The number of nitrogens with one attached hydrogen (secondary N) is 1. The van der Waals surface area contributed by atoms with Crippen LogP contribution < -0.4 is 10.1 Å². The fourth-order valence-corrected chi connectivity index (χ4v) is 4.91. The quantitative estimate of drug-likeness (QED) is 0.299. The van der Waals surface area contributed by atoms with Crippen LogP contribution in [0.2, 0.25) is 0 Å². The predicted octanol–water partition coefficient (Wildman–Crippen LogP) is 5.47. The number of amides is 1. The molecule has 0 fully saturated rings. The van der Waals surface area contributed by atoms with Crippen molar-refractivity contribution in [1.29, 1.82) is 0 Å². The third-order valence-electron chi connectivity index (χ3n) is 5.71. The number of fused-ring (bicyclic) bond motifs is 3. The van der Waals surface area contributed by atoms with Crippen molar-refractivity contribution in [3.05, 3.63) is 54.2 Å². The van der Waals surface area contributed by atoms with Crippen molar-refractivity contribution in [1.82, 2.24) is 19.6 Å². The van der Waals surface area contributed by atoms with Gasteiger partial charge in [-0.15, -0.1) is 0 Å². The minimum atomic E-state index is -0.0192. The van der Waals surface area contributed by atoms with Crippen LogP contribution in [0.4, 0.5) is 0 Å². The third kappa shape index (κ3) is 5.54. The molecule has 2 heterocycles. The summed E-state index contributed by atoms with van der Waals surface area (Å²) < 4.78 is 8.68. The predicted molar refractivity (Wildman–Crippen MR) is 137 cm³/mol. The molecule has 0 aliphatic heterocycles. The number of hydrogen-bond donors (Lipinski definition) is 1. The Morgan fingerprint density at radius 1 is 1.12 bits per heavy atom. The Morgan fingerprint density at radius 3 is 2.67 bits per heavy atom. The summed E-state index contributed by atoms with van der Waals surface area (Å²) in [6.45, 7) is 7.64. The summed E-state index contributed by atoms with van der Waals surface area (Å²) in [7, 11) is 2.14. The number of imidazole rings is 1. The highest BCUT2D eigenvalue weighted by Gasteiger charge is 2.13. The molecule has 2 aromatic heterocycles. The van der Waals surface area contributed by atoms with Crippen LogP contribution in [0.5, 0.6) is 5.75 Å². The van der Waals surface area contributed by atoms with Gasteiger partial charge in [0.1, 0.15) is 5.75 Å². The number of carbonyl (C=O) groups excluding carboxylic acids is 1. The molecule has 0 saturated heterocycles. The average molecular weight is 465 g/mol. The van der Waals surface area contributed by atoms with Crippen LogP contribution in [0, 0.1) is 0 Å². The van der Waals surface area contributed by atoms with Gasteiger partial charge in [0.15, 0.2) is 4.96 Å². The molecule has 0 bridgehead atoms. The molecule has 0 aliphatic rings. The van der Waals surface area contributed by atoms with Gasteiger partial charge in [-0.1, -0.05) is 24.7 Å². The van der Waals surface area contributed by atoms with E-state index in [4.69, 9.17) is 9.72 Å². The molecule has 7 heteroatoms. The summed E-state index contributed by atoms with van der Waals surface area (Å²) in [6, 6.07) is 13.9. The van der Waals surface area contributed by atoms with Crippen LogP contribution in [-0.4, -0.2) is 53.5 Å². The number of thiazole rings is 1. The average Bonchev–Trinajstić information content (AvgIpc) is 3.38. The molecule has 174 valence electrons. The first kappa shape index (κ1) is 23.3. The molecule has 1 amide bonds. The molecule has 0 unspecified atom stereocenters. The molecular weight excluding hydrogens is 432 g/mol. The lowest BCUT2D eigenvalue weighted by atomic mass is 10.1. The summed E-state index contributed by atoms with van der Waals surface area (Å²) in [5.74, 6) is 0.844. The Balaban J connectivity index is 1.41. The number of rotatable bonds is 11. The van der Waals surface area contributed by atoms with E-state index >= 15 is 0 Å². The smallest absolute Gasteiger partial charge is 0.251 e. The normalized spacial score (nSPS) is 11.5. The Bertz CT molecular complexity index is 1210. The first-order valence-electron chi connectivity index (χ1n) is 11.7. The largest absolute Gasteiger partial charge is 0.494 e. The van der Waals surface area contributed by atoms with Crippen molar-refractivity contribution in [2.75, 3.05) is 33.3 Å². The minimum absolute atomic E-state index is 0.0192. The maximum Gasteiger partial charge on any atom is 0.251 e. The van der Waals surface area contributed by atoms with Crippen molar-refractivity contribution in [3.8, 4) is 17.0 Å². The second kappa shape index (κ2) is 10.8. The first-order valence-corrected chi connectivity index (χ1v) is 12.5. The van der Waals surface area contributed by atoms with Gasteiger partial charge >= 0.3 is 0 Å². The van der Waals surface area contributed by atoms with Crippen LogP contribution in [-0.2, 0) is 0 Å². The lowest BCUT2D eigenvalue weighted by molar-refractivity contribution is 0.0952. The fourth-order valence-electron chi connectivity index (χ4n) is 3.86. The lowest BCUT2D eigenvalue weighted by Gasteiger charge is -2.15. The molecule has 4 aromatic rings. The molecule has 0 radical (unpaired) electrons. The van der Waals surface area contributed by atoms with Crippen molar-refractivity contribution in [2.24, 2.45) is 0 Å². The second-order valence-corrected chi connectivity index (χ2v) is 9.30. The van der Waals surface area contributed by atoms with Crippen molar-refractivity contribution in [3.63, 3.8) is 0 Å². The zero-order chi connectivity index (χ0) is 23.2. The Kier molecular flexibility index (Phi) is 7.62. The van der Waals surface area contributed by atoms with Gasteiger partial charge in [0, 0.05) is 23.9 Å². The highest BCUT2D eigenvalue weighted by atomic mass is 32.1. The number of ether oxygens (including phenoxy) is 1. The summed E-state index contributed by atoms with van der Waals surface area (Å²) in [5, 5.41) is 3.05. The van der Waals surface area contributed by atoms with Gasteiger partial charge in [-0.25, -0.2) is 4.98 Å². The SMILES string of the molecule is CCCCN(C)CCCNC(=O)c1ccc2c(c1)sc1nc(-c3ccc(OCC)cc3)cn12. The van der Waals surface area contributed by atoms with Crippen LogP contribution in [0.3, 0.4) is 0 Å². The van der Waals surface area contributed by atoms with Gasteiger partial charge < -0.3 is 15.0 Å². The molecule has 6 nitrogen and oxygen atoms in total. The number of unbranched alkanes of at least 4 members (excludes halogenated alkanes) is 1. The molecule has 0 atom stereocenters. The van der Waals surface area contributed by atoms with Crippen molar-refractivity contribution < 1.29 is 9.53 Å². The van der Waals surface area contributed by atoms with Crippen LogP contribution in [0.15, 0.2) is 48.7 Å². The van der Waals surface area contributed by atoms with Gasteiger partial charge in [-0.05, 0) is 82.4 Å². The maximum atomic E-state index is 12.6. The highest BCUT2D eigenvalue weighted by Crippen LogP contribution is 2.30. The fraction of sp³-hybridized carbons (Fsp3) is 0.385. The zero-order valence-corrected chi connectivity index (χ0v) is 20.5. The zero-order valence-electron chi connectivity index (χ0n) is 19.6. The Labute approximate surface area is 199 Å². The lowest BCUT2D eigenvalue weighted by Crippen LogP contribution is -2.28. The third-order valence-corrected chi connectivity index (χ3v) is 6.73. The first-order chi connectivity index (χ1) is 16.1. The summed E-state index contributed by atoms with van der Waals surface area (Å²) in [6.07, 6.45) is 5.43. The Hall–Kier alpha value is -2.90. The van der Waals surface area contributed by atoms with Crippen molar-refractivity contribution >= 4 is 32.4 Å². The number of aromatic nitrogens is 2. The number of hydrogen-bond acceptors (Lipinski definition) is 5. The van der Waals surface area contributed by atoms with E-state index in [-0.39, 0.29) is 5.91 Å². The summed E-state index contributed by atoms with van der Waals surface area (Å²) in [4.78, 5) is 20.7. The minimum Gasteiger partial charge on any atom is -0.494 e. The topological polar surface area (TPSA) is 58.9 Å². The molecule has 2 aromatic carbocycles. The van der Waals surface area contributed by atoms with Gasteiger partial charge in [0.05, 0.1) is 22.5 Å². The van der Waals surface area contributed by atoms with Gasteiger partial charge in [-0.2, -0.15) is 0 Å². The molecule has 0 saturated carbocycles. The molecule has 0 aliphatic carbocycles. The van der Waals surface area contributed by atoms with E-state index in [1.807, 2.05) is 49.4 Å². The molecule has 33 heavy (non-hydrogen) atoms. The van der Waals surface area contributed by atoms with Crippen LogP contribution in [0.1, 0.15) is 43.5 Å². The summed E-state index contributed by atoms with van der Waals surface area (Å²) in [5.41, 5.74) is 3.74. The van der Waals surface area contributed by atoms with E-state index < -0.39 is 0 Å². The van der Waals surface area contributed by atoms with Crippen LogP contribution >= 0.6 is 11.3 Å². The number of nitrogens with zero attached hydrogens (tertiary/aromatic N) is 3. The molecular formula is C26H32N4O2S. The second-order valence-electron chi connectivity index (χ2n) is 8.29.